The molecule has 0 saturated heterocycles. The van der Waals surface area contributed by atoms with Gasteiger partial charge >= 0.3 is 0 Å². The third-order valence-corrected chi connectivity index (χ3v) is 4.98. The molecule has 0 aliphatic rings. The largest absolute Gasteiger partial charge is 0.398 e. The molecule has 0 saturated carbocycles. The maximum Gasteiger partial charge on any atom is 0.261 e. The summed E-state index contributed by atoms with van der Waals surface area (Å²) in [5.74, 6) is 0. The summed E-state index contributed by atoms with van der Waals surface area (Å²) in [5, 5.41) is 0. The van der Waals surface area contributed by atoms with E-state index in [2.05, 4.69) is 20.7 Å². The Morgan fingerprint density at radius 1 is 1.10 bits per heavy atom. The molecule has 0 fully saturated rings. The summed E-state index contributed by atoms with van der Waals surface area (Å²) in [7, 11) is 0.209. The van der Waals surface area contributed by atoms with Crippen LogP contribution in [0.1, 0.15) is 0 Å². The van der Waals surface area contributed by atoms with Crippen molar-refractivity contribution in [3.05, 3.63) is 46.9 Å². The smallest absolute Gasteiger partial charge is 0.261 e. The lowest BCUT2D eigenvalue weighted by Gasteiger charge is -2.13. The lowest BCUT2D eigenvalue weighted by molar-refractivity contribution is 0.601. The number of nitrogens with one attached hydrogen (secondary N) is 1. The van der Waals surface area contributed by atoms with E-state index in [1.807, 2.05) is 31.1 Å². The molecule has 0 aromatic heterocycles. The topological polar surface area (TPSA) is 75.4 Å². The molecule has 0 atom stereocenters. The van der Waals surface area contributed by atoms with E-state index in [1.165, 1.54) is 12.1 Å². The van der Waals surface area contributed by atoms with Gasteiger partial charge in [-0.15, -0.1) is 0 Å². The number of anilines is 3. The zero-order valence-electron chi connectivity index (χ0n) is 11.7. The Kier molecular flexibility index (Phi) is 4.43. The number of benzene rings is 2. The van der Waals surface area contributed by atoms with Crippen LogP contribution in [0, 0.1) is 0 Å². The highest BCUT2D eigenvalue weighted by atomic mass is 79.9. The van der Waals surface area contributed by atoms with Crippen LogP contribution >= 0.6 is 15.9 Å². The van der Waals surface area contributed by atoms with E-state index in [-0.39, 0.29) is 4.90 Å². The van der Waals surface area contributed by atoms with Gasteiger partial charge in [-0.1, -0.05) is 0 Å². The van der Waals surface area contributed by atoms with Crippen molar-refractivity contribution >= 4 is 43.0 Å². The standard InChI is InChI=1S/C14H16BrN3O2S/c1-18(2)11-5-3-10(4-6-11)17-21(19,20)12-7-8-14(16)13(15)9-12/h3-9,17H,16H2,1-2H3. The van der Waals surface area contributed by atoms with Crippen LogP contribution in [0.4, 0.5) is 17.1 Å². The average molecular weight is 370 g/mol. The van der Waals surface area contributed by atoms with Crippen LogP contribution in [-0.2, 0) is 10.0 Å². The maximum absolute atomic E-state index is 12.3. The molecule has 3 N–H and O–H groups in total. The third kappa shape index (κ3) is 3.68. The molecule has 0 aliphatic carbocycles. The molecule has 112 valence electrons. The van der Waals surface area contributed by atoms with Gasteiger partial charge in [0.15, 0.2) is 0 Å². The number of nitrogens with two attached hydrogens (primary N) is 1. The quantitative estimate of drug-likeness (QED) is 0.812. The first-order valence-electron chi connectivity index (χ1n) is 6.15. The Balaban J connectivity index is 2.26. The van der Waals surface area contributed by atoms with E-state index in [1.54, 1.807) is 18.2 Å². The monoisotopic (exact) mass is 369 g/mol. The summed E-state index contributed by atoms with van der Waals surface area (Å²) in [5.41, 5.74) is 7.65. The fraction of sp³-hybridized carbons (Fsp3) is 0.143. The Labute approximate surface area is 132 Å². The minimum Gasteiger partial charge on any atom is -0.398 e. The molecule has 0 aliphatic heterocycles. The predicted molar refractivity (Wildman–Crippen MR) is 90.1 cm³/mol. The Bertz CT molecular complexity index is 743. The number of nitrogen functional groups attached to an aromatic ring is 1. The highest BCUT2D eigenvalue weighted by molar-refractivity contribution is 9.10. The summed E-state index contributed by atoms with van der Waals surface area (Å²) in [6.45, 7) is 0. The third-order valence-electron chi connectivity index (χ3n) is 2.92. The van der Waals surface area contributed by atoms with Crippen molar-refractivity contribution in [1.82, 2.24) is 0 Å². The first-order valence-corrected chi connectivity index (χ1v) is 8.42. The second-order valence-electron chi connectivity index (χ2n) is 4.73. The minimum absolute atomic E-state index is 0.153. The number of nitrogens with zero attached hydrogens (tertiary/aromatic N) is 1. The molecular weight excluding hydrogens is 354 g/mol. The predicted octanol–water partition coefficient (Wildman–Crippen LogP) is 2.90. The molecule has 0 unspecified atom stereocenters. The first-order chi connectivity index (χ1) is 9.79. The highest BCUT2D eigenvalue weighted by Crippen LogP contribution is 2.25. The van der Waals surface area contributed by atoms with Crippen molar-refractivity contribution in [3.63, 3.8) is 0 Å². The summed E-state index contributed by atoms with van der Waals surface area (Å²) in [6, 6.07) is 11.6. The molecule has 5 nitrogen and oxygen atoms in total. The SMILES string of the molecule is CN(C)c1ccc(NS(=O)(=O)c2ccc(N)c(Br)c2)cc1. The minimum atomic E-state index is -3.63. The van der Waals surface area contributed by atoms with E-state index in [9.17, 15) is 8.42 Å². The van der Waals surface area contributed by atoms with Gasteiger partial charge in [-0.05, 0) is 58.4 Å². The molecule has 0 amide bonds. The molecule has 0 bridgehead atoms. The van der Waals surface area contributed by atoms with Crippen LogP contribution in [0.3, 0.4) is 0 Å². The van der Waals surface area contributed by atoms with Gasteiger partial charge in [0.25, 0.3) is 10.0 Å². The summed E-state index contributed by atoms with van der Waals surface area (Å²) < 4.78 is 27.7. The molecular formula is C14H16BrN3O2S. The van der Waals surface area contributed by atoms with Crippen LogP contribution in [0.2, 0.25) is 0 Å². The van der Waals surface area contributed by atoms with Crippen LogP contribution in [0.25, 0.3) is 0 Å². The van der Waals surface area contributed by atoms with E-state index in [0.717, 1.165) is 5.69 Å². The van der Waals surface area contributed by atoms with E-state index >= 15 is 0 Å². The van der Waals surface area contributed by atoms with E-state index in [4.69, 9.17) is 5.73 Å². The number of halogens is 1. The zero-order chi connectivity index (χ0) is 15.6. The van der Waals surface area contributed by atoms with Gasteiger partial charge in [0.05, 0.1) is 4.90 Å². The second-order valence-corrected chi connectivity index (χ2v) is 7.27. The summed E-state index contributed by atoms with van der Waals surface area (Å²) in [6.07, 6.45) is 0. The Hall–Kier alpha value is -1.73. The number of sulfonamides is 1. The maximum atomic E-state index is 12.3. The van der Waals surface area contributed by atoms with Gasteiger partial charge in [-0.25, -0.2) is 8.42 Å². The fourth-order valence-corrected chi connectivity index (χ4v) is 3.33. The summed E-state index contributed by atoms with van der Waals surface area (Å²) in [4.78, 5) is 2.09. The van der Waals surface area contributed by atoms with Gasteiger partial charge in [0, 0.05) is 35.6 Å². The molecule has 2 aromatic rings. The fourth-order valence-electron chi connectivity index (χ4n) is 1.72. The van der Waals surface area contributed by atoms with E-state index in [0.29, 0.717) is 15.8 Å². The van der Waals surface area contributed by atoms with E-state index < -0.39 is 10.0 Å². The summed E-state index contributed by atoms with van der Waals surface area (Å²) >= 11 is 3.23. The van der Waals surface area contributed by atoms with Gasteiger partial charge in [0.1, 0.15) is 0 Å². The second kappa shape index (κ2) is 5.95. The zero-order valence-corrected chi connectivity index (χ0v) is 14.1. The Morgan fingerprint density at radius 3 is 2.24 bits per heavy atom. The molecule has 2 rings (SSSR count). The lowest BCUT2D eigenvalue weighted by atomic mass is 10.3. The van der Waals surface area contributed by atoms with Crippen molar-refractivity contribution in [1.29, 1.82) is 0 Å². The normalized spacial score (nSPS) is 11.2. The van der Waals surface area contributed by atoms with Gasteiger partial charge in [-0.2, -0.15) is 0 Å². The van der Waals surface area contributed by atoms with Crippen molar-refractivity contribution in [2.24, 2.45) is 0 Å². The highest BCUT2D eigenvalue weighted by Gasteiger charge is 2.15. The van der Waals surface area contributed by atoms with Gasteiger partial charge in [-0.3, -0.25) is 4.72 Å². The van der Waals surface area contributed by atoms with Crippen molar-refractivity contribution in [2.45, 2.75) is 4.90 Å². The van der Waals surface area contributed by atoms with Crippen molar-refractivity contribution < 1.29 is 8.42 Å². The van der Waals surface area contributed by atoms with Crippen LogP contribution < -0.4 is 15.4 Å². The van der Waals surface area contributed by atoms with Crippen molar-refractivity contribution in [2.75, 3.05) is 29.5 Å². The lowest BCUT2D eigenvalue weighted by Crippen LogP contribution is -2.13. The molecule has 7 heteroatoms. The number of hydrogen-bond acceptors (Lipinski definition) is 4. The molecule has 2 aromatic carbocycles. The van der Waals surface area contributed by atoms with Crippen molar-refractivity contribution in [3.8, 4) is 0 Å². The average Bonchev–Trinajstić information content (AvgIpc) is 2.42. The molecule has 0 radical (unpaired) electrons. The first kappa shape index (κ1) is 15.7. The van der Waals surface area contributed by atoms with Crippen LogP contribution in [0.5, 0.6) is 0 Å². The van der Waals surface area contributed by atoms with Crippen LogP contribution in [0.15, 0.2) is 51.8 Å². The molecule has 21 heavy (non-hydrogen) atoms. The molecule has 0 spiro atoms. The van der Waals surface area contributed by atoms with Gasteiger partial charge in [0.2, 0.25) is 0 Å². The van der Waals surface area contributed by atoms with Crippen LogP contribution in [-0.4, -0.2) is 22.5 Å². The number of rotatable bonds is 4. The van der Waals surface area contributed by atoms with Gasteiger partial charge < -0.3 is 10.6 Å². The Morgan fingerprint density at radius 2 is 1.71 bits per heavy atom. The number of hydrogen-bond donors (Lipinski definition) is 2. The molecule has 0 heterocycles.